The van der Waals surface area contributed by atoms with Crippen molar-refractivity contribution < 1.29 is 9.90 Å². The number of hydrogen-bond donors (Lipinski definition) is 2. The van der Waals surface area contributed by atoms with Crippen molar-refractivity contribution in [3.05, 3.63) is 0 Å². The zero-order valence-corrected chi connectivity index (χ0v) is 5.95. The molecular formula is C6H9N3O2. The van der Waals surface area contributed by atoms with Crippen LogP contribution in [0.4, 0.5) is 0 Å². The van der Waals surface area contributed by atoms with E-state index >= 15 is 0 Å². The molecular weight excluding hydrogens is 146 g/mol. The first-order valence-corrected chi connectivity index (χ1v) is 3.57. The topological polar surface area (TPSA) is 64.9 Å². The first-order chi connectivity index (χ1) is 5.29. The maximum Gasteiger partial charge on any atom is 0.328 e. The summed E-state index contributed by atoms with van der Waals surface area (Å²) in [6.45, 7) is 1.95. The number of guanidine groups is 1. The lowest BCUT2D eigenvalue weighted by molar-refractivity contribution is -0.140. The van der Waals surface area contributed by atoms with Crippen molar-refractivity contribution in [2.75, 3.05) is 19.6 Å². The van der Waals surface area contributed by atoms with Crippen molar-refractivity contribution in [3.8, 4) is 0 Å². The summed E-state index contributed by atoms with van der Waals surface area (Å²) in [5, 5.41) is 11.7. The van der Waals surface area contributed by atoms with Gasteiger partial charge in [-0.1, -0.05) is 0 Å². The molecule has 2 rings (SSSR count). The van der Waals surface area contributed by atoms with Crippen molar-refractivity contribution in [2.45, 2.75) is 6.04 Å². The Labute approximate surface area is 63.7 Å². The van der Waals surface area contributed by atoms with E-state index < -0.39 is 12.0 Å². The monoisotopic (exact) mass is 155 g/mol. The molecule has 0 aromatic rings. The normalized spacial score (nSPS) is 27.8. The fourth-order valence-electron chi connectivity index (χ4n) is 1.43. The van der Waals surface area contributed by atoms with Crippen LogP contribution < -0.4 is 5.32 Å². The second kappa shape index (κ2) is 2.11. The molecule has 2 N–H and O–H groups in total. The highest BCUT2D eigenvalue weighted by Gasteiger charge is 2.35. The van der Waals surface area contributed by atoms with Gasteiger partial charge < -0.3 is 15.3 Å². The molecule has 1 saturated heterocycles. The van der Waals surface area contributed by atoms with Gasteiger partial charge in [0.1, 0.15) is 6.04 Å². The van der Waals surface area contributed by atoms with Crippen LogP contribution >= 0.6 is 0 Å². The van der Waals surface area contributed by atoms with E-state index in [1.165, 1.54) is 0 Å². The molecule has 60 valence electrons. The Balaban J connectivity index is 2.15. The molecule has 1 unspecified atom stereocenters. The summed E-state index contributed by atoms with van der Waals surface area (Å²) in [5.74, 6) is -0.0372. The lowest BCUT2D eigenvalue weighted by Crippen LogP contribution is -2.40. The number of carboxylic acids is 1. The molecule has 1 fully saturated rings. The molecule has 0 aromatic carbocycles. The van der Waals surface area contributed by atoms with E-state index in [0.29, 0.717) is 6.54 Å². The summed E-state index contributed by atoms with van der Waals surface area (Å²) in [5.41, 5.74) is 0. The van der Waals surface area contributed by atoms with Gasteiger partial charge in [-0.25, -0.2) is 4.79 Å². The number of fused-ring (bicyclic) bond motifs is 1. The third kappa shape index (κ3) is 0.840. The fraction of sp³-hybridized carbons (Fsp3) is 0.667. The van der Waals surface area contributed by atoms with E-state index in [0.717, 1.165) is 19.0 Å². The Kier molecular flexibility index (Phi) is 1.24. The van der Waals surface area contributed by atoms with Gasteiger partial charge >= 0.3 is 5.97 Å². The average molecular weight is 155 g/mol. The van der Waals surface area contributed by atoms with Crippen LogP contribution in [0.15, 0.2) is 4.99 Å². The van der Waals surface area contributed by atoms with Gasteiger partial charge in [0.25, 0.3) is 0 Å². The first-order valence-electron chi connectivity index (χ1n) is 3.57. The van der Waals surface area contributed by atoms with Crippen molar-refractivity contribution in [3.63, 3.8) is 0 Å². The molecule has 0 radical (unpaired) electrons. The van der Waals surface area contributed by atoms with Crippen LogP contribution in [0.3, 0.4) is 0 Å². The Morgan fingerprint density at radius 2 is 2.64 bits per heavy atom. The molecule has 5 heteroatoms. The number of nitrogens with one attached hydrogen (secondary N) is 1. The SMILES string of the molecule is O=C(O)C1CN=C2NCCN21. The number of aliphatic imine (C=N–C) groups is 1. The van der Waals surface area contributed by atoms with Crippen molar-refractivity contribution in [2.24, 2.45) is 4.99 Å². The quantitative estimate of drug-likeness (QED) is 0.494. The summed E-state index contributed by atoms with van der Waals surface area (Å²) < 4.78 is 0. The van der Waals surface area contributed by atoms with Crippen LogP contribution in [0.1, 0.15) is 0 Å². The largest absolute Gasteiger partial charge is 0.480 e. The van der Waals surface area contributed by atoms with Gasteiger partial charge in [0, 0.05) is 13.1 Å². The van der Waals surface area contributed by atoms with Crippen LogP contribution in [0.2, 0.25) is 0 Å². The molecule has 0 amide bonds. The second-order valence-electron chi connectivity index (χ2n) is 2.64. The molecule has 2 aliphatic heterocycles. The molecule has 11 heavy (non-hydrogen) atoms. The minimum Gasteiger partial charge on any atom is -0.480 e. The molecule has 1 atom stereocenters. The van der Waals surface area contributed by atoms with E-state index in [1.807, 2.05) is 0 Å². The average Bonchev–Trinajstić information content (AvgIpc) is 2.41. The highest BCUT2D eigenvalue weighted by Crippen LogP contribution is 2.11. The molecule has 2 aliphatic rings. The maximum absolute atomic E-state index is 10.6. The van der Waals surface area contributed by atoms with Gasteiger partial charge in [0.05, 0.1) is 6.54 Å². The van der Waals surface area contributed by atoms with Crippen molar-refractivity contribution >= 4 is 11.9 Å². The summed E-state index contributed by atoms with van der Waals surface area (Å²) in [7, 11) is 0. The predicted octanol–water partition coefficient (Wildman–Crippen LogP) is -1.29. The van der Waals surface area contributed by atoms with Gasteiger partial charge in [-0.3, -0.25) is 4.99 Å². The highest BCUT2D eigenvalue weighted by molar-refractivity contribution is 5.90. The van der Waals surface area contributed by atoms with E-state index in [2.05, 4.69) is 10.3 Å². The predicted molar refractivity (Wildman–Crippen MR) is 38.4 cm³/mol. The van der Waals surface area contributed by atoms with Crippen LogP contribution in [-0.2, 0) is 4.79 Å². The summed E-state index contributed by atoms with van der Waals surface area (Å²) in [4.78, 5) is 16.4. The Bertz CT molecular complexity index is 226. The Morgan fingerprint density at radius 1 is 1.82 bits per heavy atom. The van der Waals surface area contributed by atoms with E-state index in [1.54, 1.807) is 4.90 Å². The Hall–Kier alpha value is -1.26. The number of aliphatic carboxylic acids is 1. The number of nitrogens with zero attached hydrogens (tertiary/aromatic N) is 2. The van der Waals surface area contributed by atoms with Gasteiger partial charge in [-0.05, 0) is 0 Å². The van der Waals surface area contributed by atoms with E-state index in [9.17, 15) is 4.79 Å². The lowest BCUT2D eigenvalue weighted by atomic mass is 10.3. The maximum atomic E-state index is 10.6. The van der Waals surface area contributed by atoms with E-state index in [4.69, 9.17) is 5.11 Å². The number of carbonyl (C=O) groups is 1. The summed E-state index contributed by atoms with van der Waals surface area (Å²) >= 11 is 0. The van der Waals surface area contributed by atoms with Gasteiger partial charge in [0.15, 0.2) is 5.96 Å². The number of carboxylic acid groups (broad SMARTS) is 1. The molecule has 2 heterocycles. The second-order valence-corrected chi connectivity index (χ2v) is 2.64. The fourth-order valence-corrected chi connectivity index (χ4v) is 1.43. The van der Waals surface area contributed by atoms with Gasteiger partial charge in [-0.2, -0.15) is 0 Å². The summed E-state index contributed by atoms with van der Waals surface area (Å²) in [6, 6.07) is -0.431. The van der Waals surface area contributed by atoms with Gasteiger partial charge in [-0.15, -0.1) is 0 Å². The van der Waals surface area contributed by atoms with Crippen LogP contribution in [-0.4, -0.2) is 47.6 Å². The molecule has 0 aliphatic carbocycles. The lowest BCUT2D eigenvalue weighted by Gasteiger charge is -2.16. The van der Waals surface area contributed by atoms with Crippen LogP contribution in [0.5, 0.6) is 0 Å². The Morgan fingerprint density at radius 3 is 3.36 bits per heavy atom. The van der Waals surface area contributed by atoms with Gasteiger partial charge in [0.2, 0.25) is 0 Å². The van der Waals surface area contributed by atoms with Crippen molar-refractivity contribution in [1.29, 1.82) is 0 Å². The zero-order chi connectivity index (χ0) is 7.84. The van der Waals surface area contributed by atoms with Crippen LogP contribution in [0.25, 0.3) is 0 Å². The molecule has 0 bridgehead atoms. The third-order valence-electron chi connectivity index (χ3n) is 1.98. The number of rotatable bonds is 1. The van der Waals surface area contributed by atoms with Crippen molar-refractivity contribution in [1.82, 2.24) is 10.2 Å². The molecule has 5 nitrogen and oxygen atoms in total. The minimum absolute atomic E-state index is 0.387. The zero-order valence-electron chi connectivity index (χ0n) is 5.95. The third-order valence-corrected chi connectivity index (χ3v) is 1.98. The molecule has 0 saturated carbocycles. The molecule has 0 aromatic heterocycles. The first kappa shape index (κ1) is 6.45. The minimum atomic E-state index is -0.785. The van der Waals surface area contributed by atoms with E-state index in [-0.39, 0.29) is 0 Å². The number of hydrogen-bond acceptors (Lipinski definition) is 4. The smallest absolute Gasteiger partial charge is 0.328 e. The molecule has 0 spiro atoms. The summed E-state index contributed by atoms with van der Waals surface area (Å²) in [6.07, 6.45) is 0. The standard InChI is InChI=1S/C6H9N3O2/c10-5(11)4-3-8-6-7-1-2-9(4)6/h4H,1-3H2,(H,7,8)(H,10,11). The highest BCUT2D eigenvalue weighted by atomic mass is 16.4. The van der Waals surface area contributed by atoms with Crippen LogP contribution in [0, 0.1) is 0 Å².